The number of Topliss-reactive ketones (excluding diaryl/α,β-unsaturated/α-hetero) is 1. The summed E-state index contributed by atoms with van der Waals surface area (Å²) >= 11 is 0. The van der Waals surface area contributed by atoms with Crippen LogP contribution in [0.3, 0.4) is 0 Å². The van der Waals surface area contributed by atoms with E-state index in [2.05, 4.69) is 0 Å². The molecule has 2 aliphatic carbocycles. The lowest BCUT2D eigenvalue weighted by Crippen LogP contribution is -2.24. The van der Waals surface area contributed by atoms with Gasteiger partial charge in [0.1, 0.15) is 23.0 Å². The quantitative estimate of drug-likeness (QED) is 0.139. The molecule has 240 valence electrons. The summed E-state index contributed by atoms with van der Waals surface area (Å²) < 4.78 is 10.1. The highest BCUT2D eigenvalue weighted by atomic mass is 16.5. The van der Waals surface area contributed by atoms with Gasteiger partial charge < -0.3 is 24.8 Å². The molecular formula is C35H22O13. The van der Waals surface area contributed by atoms with Gasteiger partial charge in [-0.05, 0) is 43.3 Å². The molecule has 6 rings (SSSR count). The van der Waals surface area contributed by atoms with Crippen molar-refractivity contribution in [1.82, 2.24) is 0 Å². The zero-order chi connectivity index (χ0) is 35.2. The van der Waals surface area contributed by atoms with Gasteiger partial charge >= 0.3 is 17.9 Å². The molecule has 48 heavy (non-hydrogen) atoms. The predicted octanol–water partition coefficient (Wildman–Crippen LogP) is 4.09. The standard InChI is InChI=1S/C20H14O7.C15H8O6/c1-9(21)12-7-14-18(16(8-12)27-11(3)23)20(25)17-13(19(14)24)5-4-6-15(17)26-10(2)22;16-9-3-1-2-7-11(9)14(19)12-8(13(7)18)4-6(15(20)21)5-10(12)17/h4-8H,1-3H3;1-5,16-17H,(H,20,21). The maximum absolute atomic E-state index is 13.1. The number of phenolic OH excluding ortho intramolecular Hbond substituents is 2. The van der Waals surface area contributed by atoms with E-state index in [1.165, 1.54) is 62.4 Å². The van der Waals surface area contributed by atoms with Gasteiger partial charge in [0, 0.05) is 41.7 Å². The molecule has 0 fully saturated rings. The first-order chi connectivity index (χ1) is 22.6. The van der Waals surface area contributed by atoms with Crippen molar-refractivity contribution in [3.05, 3.63) is 116 Å². The molecule has 0 aliphatic heterocycles. The van der Waals surface area contributed by atoms with Crippen LogP contribution in [0.25, 0.3) is 0 Å². The van der Waals surface area contributed by atoms with Crippen LogP contribution >= 0.6 is 0 Å². The SMILES string of the molecule is CC(=O)Oc1cccc2c1C(=O)c1c(OC(C)=O)cc(C(C)=O)cc1C2=O.O=C(O)c1cc(O)c2c(c1)C(=O)c1cccc(O)c1C2=O. The number of esters is 2. The van der Waals surface area contributed by atoms with Crippen LogP contribution in [0.15, 0.2) is 60.7 Å². The summed E-state index contributed by atoms with van der Waals surface area (Å²) in [4.78, 5) is 96.4. The molecule has 0 heterocycles. The lowest BCUT2D eigenvalue weighted by molar-refractivity contribution is -0.132. The maximum Gasteiger partial charge on any atom is 0.335 e. The van der Waals surface area contributed by atoms with Crippen molar-refractivity contribution in [3.63, 3.8) is 0 Å². The molecule has 0 radical (unpaired) electrons. The summed E-state index contributed by atoms with van der Waals surface area (Å²) in [5, 5.41) is 28.6. The average Bonchev–Trinajstić information content (AvgIpc) is 3.01. The van der Waals surface area contributed by atoms with Gasteiger partial charge in [-0.3, -0.25) is 33.6 Å². The topological polar surface area (TPSA) is 216 Å². The van der Waals surface area contributed by atoms with E-state index in [1.54, 1.807) is 0 Å². The van der Waals surface area contributed by atoms with Crippen molar-refractivity contribution in [3.8, 4) is 23.0 Å². The van der Waals surface area contributed by atoms with Gasteiger partial charge in [-0.1, -0.05) is 24.3 Å². The van der Waals surface area contributed by atoms with Crippen molar-refractivity contribution in [2.45, 2.75) is 20.8 Å². The molecule has 4 aromatic rings. The highest BCUT2D eigenvalue weighted by Gasteiger charge is 2.37. The Labute approximate surface area is 270 Å². The van der Waals surface area contributed by atoms with Crippen LogP contribution in [0, 0.1) is 0 Å². The van der Waals surface area contributed by atoms with Crippen LogP contribution in [-0.4, -0.2) is 62.1 Å². The number of hydrogen-bond donors (Lipinski definition) is 3. The van der Waals surface area contributed by atoms with Crippen LogP contribution in [0.1, 0.15) is 105 Å². The molecule has 0 saturated carbocycles. The third-order valence-electron chi connectivity index (χ3n) is 7.34. The van der Waals surface area contributed by atoms with Gasteiger partial charge in [-0.2, -0.15) is 0 Å². The Kier molecular flexibility index (Phi) is 8.30. The Morgan fingerprint density at radius 3 is 1.58 bits per heavy atom. The highest BCUT2D eigenvalue weighted by molar-refractivity contribution is 6.31. The number of aromatic hydroxyl groups is 2. The van der Waals surface area contributed by atoms with Crippen LogP contribution < -0.4 is 9.47 Å². The minimum absolute atomic E-state index is 0.0190. The lowest BCUT2D eigenvalue weighted by Gasteiger charge is -2.22. The summed E-state index contributed by atoms with van der Waals surface area (Å²) in [6, 6.07) is 12.8. The first-order valence-corrected chi connectivity index (χ1v) is 13.9. The second-order valence-electron chi connectivity index (χ2n) is 10.6. The number of rotatable bonds is 4. The van der Waals surface area contributed by atoms with E-state index in [9.17, 15) is 48.6 Å². The first kappa shape index (κ1) is 32.6. The fraction of sp³-hybridized carbons (Fsp3) is 0.0857. The molecule has 0 amide bonds. The van der Waals surface area contributed by atoms with Crippen molar-refractivity contribution in [2.24, 2.45) is 0 Å². The summed E-state index contributed by atoms with van der Waals surface area (Å²) in [6.45, 7) is 3.60. The van der Waals surface area contributed by atoms with Crippen LogP contribution in [0.4, 0.5) is 0 Å². The maximum atomic E-state index is 13.1. The number of benzene rings is 4. The zero-order valence-electron chi connectivity index (χ0n) is 25.2. The third kappa shape index (κ3) is 5.60. The second kappa shape index (κ2) is 12.2. The largest absolute Gasteiger partial charge is 0.507 e. The van der Waals surface area contributed by atoms with E-state index in [0.717, 1.165) is 19.1 Å². The number of phenols is 2. The third-order valence-corrected chi connectivity index (χ3v) is 7.34. The van der Waals surface area contributed by atoms with Crippen LogP contribution in [0.5, 0.6) is 23.0 Å². The van der Waals surface area contributed by atoms with Gasteiger partial charge in [0.25, 0.3) is 0 Å². The molecule has 0 atom stereocenters. The molecule has 13 heteroatoms. The molecule has 2 aliphatic rings. The second-order valence-corrected chi connectivity index (χ2v) is 10.6. The number of ketones is 5. The Hall–Kier alpha value is -6.76. The monoisotopic (exact) mass is 650 g/mol. The number of fused-ring (bicyclic) bond motifs is 4. The summed E-state index contributed by atoms with van der Waals surface area (Å²) in [5.41, 5.74) is -1.09. The highest BCUT2D eigenvalue weighted by Crippen LogP contribution is 2.39. The molecule has 0 unspecified atom stereocenters. The van der Waals surface area contributed by atoms with Gasteiger partial charge in [-0.25, -0.2) is 4.79 Å². The summed E-state index contributed by atoms with van der Waals surface area (Å²) in [6.07, 6.45) is 0. The number of hydrogen-bond acceptors (Lipinski definition) is 12. The normalized spacial score (nSPS) is 12.4. The van der Waals surface area contributed by atoms with Gasteiger partial charge in [0.05, 0.1) is 27.8 Å². The predicted molar refractivity (Wildman–Crippen MR) is 162 cm³/mol. The molecule has 0 spiro atoms. The number of carbonyl (C=O) groups is 8. The molecule has 3 N–H and O–H groups in total. The molecular weight excluding hydrogens is 628 g/mol. The van der Waals surface area contributed by atoms with Crippen LogP contribution in [-0.2, 0) is 9.59 Å². The minimum Gasteiger partial charge on any atom is -0.507 e. The zero-order valence-corrected chi connectivity index (χ0v) is 25.2. The minimum atomic E-state index is -1.32. The Bertz CT molecular complexity index is 2190. The molecule has 13 nitrogen and oxygen atoms in total. The van der Waals surface area contributed by atoms with Crippen molar-refractivity contribution in [1.29, 1.82) is 0 Å². The van der Waals surface area contributed by atoms with E-state index in [4.69, 9.17) is 14.6 Å². The number of ether oxygens (including phenoxy) is 2. The number of carboxylic acids is 1. The van der Waals surface area contributed by atoms with E-state index >= 15 is 0 Å². The molecule has 0 aromatic heterocycles. The summed E-state index contributed by atoms with van der Waals surface area (Å²) in [5.74, 6) is -6.76. The first-order valence-electron chi connectivity index (χ1n) is 13.9. The van der Waals surface area contributed by atoms with Crippen molar-refractivity contribution < 1.29 is 63.1 Å². The number of aromatic carboxylic acids is 1. The van der Waals surface area contributed by atoms with E-state index < -0.39 is 46.8 Å². The van der Waals surface area contributed by atoms with Crippen molar-refractivity contribution >= 4 is 46.8 Å². The Balaban J connectivity index is 0.000000194. The molecule has 4 aromatic carbocycles. The Morgan fingerprint density at radius 2 is 1.00 bits per heavy atom. The van der Waals surface area contributed by atoms with Gasteiger partial charge in [0.15, 0.2) is 17.3 Å². The van der Waals surface area contributed by atoms with E-state index in [0.29, 0.717) is 0 Å². The molecule has 0 saturated heterocycles. The van der Waals surface area contributed by atoms with E-state index in [1.807, 2.05) is 0 Å². The average molecular weight is 651 g/mol. The lowest BCUT2D eigenvalue weighted by atomic mass is 9.82. The molecule has 0 bridgehead atoms. The van der Waals surface area contributed by atoms with Gasteiger partial charge in [-0.15, -0.1) is 0 Å². The fourth-order valence-electron chi connectivity index (χ4n) is 5.34. The van der Waals surface area contributed by atoms with Crippen molar-refractivity contribution in [2.75, 3.05) is 0 Å². The smallest absolute Gasteiger partial charge is 0.335 e. The van der Waals surface area contributed by atoms with Crippen LogP contribution in [0.2, 0.25) is 0 Å². The Morgan fingerprint density at radius 1 is 0.521 bits per heavy atom. The fourth-order valence-corrected chi connectivity index (χ4v) is 5.34. The number of carbonyl (C=O) groups excluding carboxylic acids is 7. The number of carboxylic acid groups (broad SMARTS) is 1. The van der Waals surface area contributed by atoms with E-state index in [-0.39, 0.29) is 78.7 Å². The van der Waals surface area contributed by atoms with Gasteiger partial charge in [0.2, 0.25) is 11.6 Å². The summed E-state index contributed by atoms with van der Waals surface area (Å²) in [7, 11) is 0.